The van der Waals surface area contributed by atoms with Crippen molar-refractivity contribution < 1.29 is 9.13 Å². The minimum atomic E-state index is -0.194. The summed E-state index contributed by atoms with van der Waals surface area (Å²) >= 11 is 6.02. The second-order valence-electron chi connectivity index (χ2n) is 6.77. The van der Waals surface area contributed by atoms with E-state index in [4.69, 9.17) is 16.3 Å². The third kappa shape index (κ3) is 5.29. The van der Waals surface area contributed by atoms with Crippen molar-refractivity contribution in [3.63, 3.8) is 0 Å². The van der Waals surface area contributed by atoms with Gasteiger partial charge in [0.1, 0.15) is 11.6 Å². The third-order valence-electron chi connectivity index (χ3n) is 4.93. The van der Waals surface area contributed by atoms with E-state index >= 15 is 0 Å². The molecule has 0 amide bonds. The maximum atomic E-state index is 13.4. The molecule has 5 nitrogen and oxygen atoms in total. The van der Waals surface area contributed by atoms with E-state index in [1.807, 2.05) is 18.2 Å². The van der Waals surface area contributed by atoms with Crippen LogP contribution in [0.4, 0.5) is 10.1 Å². The van der Waals surface area contributed by atoms with Gasteiger partial charge in [-0.15, -0.1) is 0 Å². The SMILES string of the molecule is CN=C(NCc1ccc(Cl)cc1OC)NC1CCN(c2cccc(F)c2)CC1. The van der Waals surface area contributed by atoms with Gasteiger partial charge in [-0.25, -0.2) is 4.39 Å². The number of halogens is 2. The molecule has 0 aliphatic carbocycles. The second kappa shape index (κ2) is 9.64. The minimum absolute atomic E-state index is 0.194. The Morgan fingerprint density at radius 1 is 1.25 bits per heavy atom. The summed E-state index contributed by atoms with van der Waals surface area (Å²) in [7, 11) is 3.39. The van der Waals surface area contributed by atoms with Gasteiger partial charge < -0.3 is 20.3 Å². The topological polar surface area (TPSA) is 48.9 Å². The van der Waals surface area contributed by atoms with E-state index in [0.717, 1.165) is 48.9 Å². The van der Waals surface area contributed by atoms with E-state index in [-0.39, 0.29) is 5.82 Å². The molecule has 0 unspecified atom stereocenters. The van der Waals surface area contributed by atoms with Crippen molar-refractivity contribution in [2.24, 2.45) is 4.99 Å². The highest BCUT2D eigenvalue weighted by atomic mass is 35.5. The lowest BCUT2D eigenvalue weighted by atomic mass is 10.0. The van der Waals surface area contributed by atoms with E-state index in [0.29, 0.717) is 17.6 Å². The van der Waals surface area contributed by atoms with Crippen LogP contribution < -0.4 is 20.3 Å². The fraction of sp³-hybridized carbons (Fsp3) is 0.381. The molecule has 1 aliphatic heterocycles. The smallest absolute Gasteiger partial charge is 0.191 e. The highest BCUT2D eigenvalue weighted by Crippen LogP contribution is 2.23. The minimum Gasteiger partial charge on any atom is -0.496 e. The number of piperidine rings is 1. The highest BCUT2D eigenvalue weighted by Gasteiger charge is 2.20. The third-order valence-corrected chi connectivity index (χ3v) is 5.16. The molecule has 1 aliphatic rings. The number of nitrogens with zero attached hydrogens (tertiary/aromatic N) is 2. The Morgan fingerprint density at radius 3 is 2.71 bits per heavy atom. The first-order valence-electron chi connectivity index (χ1n) is 9.39. The number of hydrogen-bond donors (Lipinski definition) is 2. The number of ether oxygens (including phenoxy) is 1. The molecule has 28 heavy (non-hydrogen) atoms. The van der Waals surface area contributed by atoms with Gasteiger partial charge in [0, 0.05) is 49.0 Å². The highest BCUT2D eigenvalue weighted by molar-refractivity contribution is 6.30. The Hall–Kier alpha value is -2.47. The molecule has 2 aromatic carbocycles. The molecule has 7 heteroatoms. The lowest BCUT2D eigenvalue weighted by Gasteiger charge is -2.34. The number of anilines is 1. The average molecular weight is 405 g/mol. The number of aliphatic imine (C=N–C) groups is 1. The van der Waals surface area contributed by atoms with Gasteiger partial charge in [-0.1, -0.05) is 23.7 Å². The van der Waals surface area contributed by atoms with Crippen LogP contribution in [0.5, 0.6) is 5.75 Å². The molecule has 3 rings (SSSR count). The molecule has 0 spiro atoms. The lowest BCUT2D eigenvalue weighted by molar-refractivity contribution is 0.409. The zero-order valence-electron chi connectivity index (χ0n) is 16.2. The number of benzene rings is 2. The molecular formula is C21H26ClFN4O. The van der Waals surface area contributed by atoms with E-state index in [1.165, 1.54) is 6.07 Å². The van der Waals surface area contributed by atoms with Gasteiger partial charge in [-0.3, -0.25) is 4.99 Å². The van der Waals surface area contributed by atoms with E-state index in [9.17, 15) is 4.39 Å². The van der Waals surface area contributed by atoms with Gasteiger partial charge in [-0.2, -0.15) is 0 Å². The molecule has 1 saturated heterocycles. The quantitative estimate of drug-likeness (QED) is 0.587. The second-order valence-corrected chi connectivity index (χ2v) is 7.20. The summed E-state index contributed by atoms with van der Waals surface area (Å²) in [5.74, 6) is 1.31. The van der Waals surface area contributed by atoms with Crippen molar-refractivity contribution in [3.8, 4) is 5.75 Å². The Labute approximate surface area is 170 Å². The first kappa shape index (κ1) is 20.3. The molecule has 0 bridgehead atoms. The average Bonchev–Trinajstić information content (AvgIpc) is 2.72. The van der Waals surface area contributed by atoms with Crippen molar-refractivity contribution >= 4 is 23.2 Å². The van der Waals surface area contributed by atoms with Crippen molar-refractivity contribution in [1.29, 1.82) is 0 Å². The van der Waals surface area contributed by atoms with Crippen LogP contribution in [0, 0.1) is 5.82 Å². The summed E-state index contributed by atoms with van der Waals surface area (Å²) in [6.07, 6.45) is 1.92. The van der Waals surface area contributed by atoms with E-state index in [1.54, 1.807) is 32.4 Å². The largest absolute Gasteiger partial charge is 0.496 e. The number of nitrogens with one attached hydrogen (secondary N) is 2. The fourth-order valence-corrected chi connectivity index (χ4v) is 3.55. The molecule has 1 heterocycles. The molecule has 0 aromatic heterocycles. The van der Waals surface area contributed by atoms with Crippen molar-refractivity contribution in [2.75, 3.05) is 32.1 Å². The Morgan fingerprint density at radius 2 is 2.04 bits per heavy atom. The van der Waals surface area contributed by atoms with Gasteiger partial charge in [0.2, 0.25) is 0 Å². The van der Waals surface area contributed by atoms with Gasteiger partial charge in [0.05, 0.1) is 7.11 Å². The Kier molecular flexibility index (Phi) is 6.98. The molecule has 0 atom stereocenters. The number of guanidine groups is 1. The summed E-state index contributed by atoms with van der Waals surface area (Å²) < 4.78 is 18.8. The normalized spacial score (nSPS) is 15.4. The fourth-order valence-electron chi connectivity index (χ4n) is 3.39. The maximum Gasteiger partial charge on any atom is 0.191 e. The van der Waals surface area contributed by atoms with Crippen LogP contribution in [0.15, 0.2) is 47.5 Å². The maximum absolute atomic E-state index is 13.4. The van der Waals surface area contributed by atoms with Crippen LogP contribution >= 0.6 is 11.6 Å². The molecule has 0 saturated carbocycles. The standard InChI is InChI=1S/C21H26ClFN4O/c1-24-21(25-14-15-6-7-16(22)12-20(15)28-2)26-18-8-10-27(11-9-18)19-5-3-4-17(23)13-19/h3-7,12-13,18H,8-11,14H2,1-2H3,(H2,24,25,26). The molecule has 1 fully saturated rings. The summed E-state index contributed by atoms with van der Waals surface area (Å²) in [5, 5.41) is 7.46. The molecule has 0 radical (unpaired) electrons. The summed E-state index contributed by atoms with van der Waals surface area (Å²) in [6.45, 7) is 2.34. The van der Waals surface area contributed by atoms with Gasteiger partial charge >= 0.3 is 0 Å². The predicted molar refractivity (Wildman–Crippen MR) is 113 cm³/mol. The van der Waals surface area contributed by atoms with Crippen LogP contribution in [0.2, 0.25) is 5.02 Å². The molecular weight excluding hydrogens is 379 g/mol. The van der Waals surface area contributed by atoms with Gasteiger partial charge in [-0.05, 0) is 43.2 Å². The Bertz CT molecular complexity index is 822. The summed E-state index contributed by atoms with van der Waals surface area (Å²) in [5.41, 5.74) is 1.95. The lowest BCUT2D eigenvalue weighted by Crippen LogP contribution is -2.48. The summed E-state index contributed by atoms with van der Waals surface area (Å²) in [6, 6.07) is 12.7. The first-order chi connectivity index (χ1) is 13.6. The first-order valence-corrected chi connectivity index (χ1v) is 9.77. The van der Waals surface area contributed by atoms with Crippen LogP contribution in [0.3, 0.4) is 0 Å². The van der Waals surface area contributed by atoms with Crippen LogP contribution in [0.1, 0.15) is 18.4 Å². The van der Waals surface area contributed by atoms with Gasteiger partial charge in [0.15, 0.2) is 5.96 Å². The molecule has 2 aromatic rings. The van der Waals surface area contributed by atoms with Crippen LogP contribution in [-0.2, 0) is 6.54 Å². The predicted octanol–water partition coefficient (Wildman–Crippen LogP) is 3.82. The van der Waals surface area contributed by atoms with Crippen LogP contribution in [0.25, 0.3) is 0 Å². The van der Waals surface area contributed by atoms with E-state index < -0.39 is 0 Å². The number of hydrogen-bond acceptors (Lipinski definition) is 3. The Balaban J connectivity index is 1.51. The number of rotatable bonds is 5. The molecule has 150 valence electrons. The van der Waals surface area contributed by atoms with E-state index in [2.05, 4.69) is 20.5 Å². The summed E-state index contributed by atoms with van der Waals surface area (Å²) in [4.78, 5) is 6.54. The zero-order chi connectivity index (χ0) is 19.9. The van der Waals surface area contributed by atoms with Crippen molar-refractivity contribution in [3.05, 3.63) is 58.9 Å². The van der Waals surface area contributed by atoms with Crippen molar-refractivity contribution in [1.82, 2.24) is 10.6 Å². The zero-order valence-corrected chi connectivity index (χ0v) is 17.0. The number of methoxy groups -OCH3 is 1. The van der Waals surface area contributed by atoms with Crippen LogP contribution in [-0.4, -0.2) is 39.2 Å². The van der Waals surface area contributed by atoms with Crippen molar-refractivity contribution in [2.45, 2.75) is 25.4 Å². The molecule has 2 N–H and O–H groups in total. The van der Waals surface area contributed by atoms with Gasteiger partial charge in [0.25, 0.3) is 0 Å². The monoisotopic (exact) mass is 404 g/mol.